The maximum atomic E-state index is 13.0. The maximum Gasteiger partial charge on any atom is 0.327 e. The van der Waals surface area contributed by atoms with Crippen LogP contribution >= 0.6 is 11.6 Å². The van der Waals surface area contributed by atoms with Gasteiger partial charge in [-0.05, 0) is 37.5 Å². The Balaban J connectivity index is 1.70. The number of methoxy groups -OCH3 is 1. The second-order valence-electron chi connectivity index (χ2n) is 8.07. The van der Waals surface area contributed by atoms with Gasteiger partial charge < -0.3 is 9.72 Å². The lowest BCUT2D eigenvalue weighted by atomic mass is 10.0. The van der Waals surface area contributed by atoms with Gasteiger partial charge in [-0.25, -0.2) is 4.79 Å². The number of ketones is 2. The highest BCUT2D eigenvalue weighted by molar-refractivity contribution is 6.31. The van der Waals surface area contributed by atoms with Gasteiger partial charge in [-0.3, -0.25) is 19.4 Å². The molecule has 172 valence electrons. The van der Waals surface area contributed by atoms with Crippen molar-refractivity contribution in [2.75, 3.05) is 39.8 Å². The number of Topliss-reactive ketones (excluding diaryl/α,β-unsaturated/α-hetero) is 2. The average molecular weight is 460 g/mol. The lowest BCUT2D eigenvalue weighted by molar-refractivity contribution is -0.148. The molecule has 0 aliphatic carbocycles. The van der Waals surface area contributed by atoms with Crippen molar-refractivity contribution in [2.45, 2.75) is 33.2 Å². The summed E-state index contributed by atoms with van der Waals surface area (Å²) in [4.78, 5) is 44.8. The molecule has 1 atom stereocenters. The number of nitrogens with zero attached hydrogens (tertiary/aromatic N) is 2. The first-order valence-electron chi connectivity index (χ1n) is 10.8. The third-order valence-corrected chi connectivity index (χ3v) is 6.38. The van der Waals surface area contributed by atoms with Crippen LogP contribution in [-0.2, 0) is 16.0 Å². The van der Waals surface area contributed by atoms with Gasteiger partial charge in [-0.15, -0.1) is 0 Å². The molecule has 0 radical (unpaired) electrons. The molecular formula is C24H30ClN3O4. The largest absolute Gasteiger partial charge is 0.468 e. The summed E-state index contributed by atoms with van der Waals surface area (Å²) in [5.74, 6) is -0.410. The molecule has 0 amide bonds. The molecule has 7 nitrogen and oxygen atoms in total. The first-order valence-corrected chi connectivity index (χ1v) is 11.2. The fourth-order valence-corrected chi connectivity index (χ4v) is 4.73. The zero-order chi connectivity index (χ0) is 23.4. The lowest BCUT2D eigenvalue weighted by Gasteiger charge is -2.38. The Hall–Kier alpha value is -2.48. The summed E-state index contributed by atoms with van der Waals surface area (Å²) in [5, 5.41) is 0.524. The smallest absolute Gasteiger partial charge is 0.327 e. The highest BCUT2D eigenvalue weighted by atomic mass is 35.5. The topological polar surface area (TPSA) is 82.7 Å². The van der Waals surface area contributed by atoms with Gasteiger partial charge in [0.2, 0.25) is 0 Å². The van der Waals surface area contributed by atoms with Crippen molar-refractivity contribution in [3.05, 3.63) is 57.4 Å². The summed E-state index contributed by atoms with van der Waals surface area (Å²) in [6.45, 7) is 8.02. The summed E-state index contributed by atoms with van der Waals surface area (Å²) in [6.07, 6.45) is 0.618. The van der Waals surface area contributed by atoms with Crippen molar-refractivity contribution < 1.29 is 19.1 Å². The number of aromatic nitrogens is 1. The van der Waals surface area contributed by atoms with Crippen molar-refractivity contribution in [3.63, 3.8) is 0 Å². The molecule has 1 fully saturated rings. The number of aryl methyl sites for hydroxylation is 1. The Kier molecular flexibility index (Phi) is 7.87. The standard InChI is InChI=1S/C24H30ClN3O4/c1-5-17-21(16(3)29)15(2)26-22(17)20(30)14-27-10-12-28(13-11-27)23(24(31)32-4)18-8-6-7-9-19(18)25/h6-9,23,26H,5,10-14H2,1-4H3. The normalized spacial score (nSPS) is 16.0. The van der Waals surface area contributed by atoms with Gasteiger partial charge >= 0.3 is 5.97 Å². The van der Waals surface area contributed by atoms with Crippen LogP contribution in [-0.4, -0.2) is 72.2 Å². The number of hydrogen-bond donors (Lipinski definition) is 1. The number of aromatic amines is 1. The predicted octanol–water partition coefficient (Wildman–Crippen LogP) is 3.46. The van der Waals surface area contributed by atoms with E-state index in [1.165, 1.54) is 14.0 Å². The predicted molar refractivity (Wildman–Crippen MR) is 123 cm³/mol. The van der Waals surface area contributed by atoms with Gasteiger partial charge in [0.05, 0.1) is 19.3 Å². The molecule has 32 heavy (non-hydrogen) atoms. The number of piperazine rings is 1. The van der Waals surface area contributed by atoms with Gasteiger partial charge in [-0.2, -0.15) is 0 Å². The molecule has 1 aromatic heterocycles. The molecule has 1 N–H and O–H groups in total. The number of esters is 1. The second-order valence-corrected chi connectivity index (χ2v) is 8.48. The maximum absolute atomic E-state index is 13.0. The first kappa shape index (κ1) is 24.2. The Morgan fingerprint density at radius 1 is 1.16 bits per heavy atom. The molecule has 2 aromatic rings. The molecule has 3 rings (SSSR count). The molecule has 8 heteroatoms. The molecule has 1 unspecified atom stereocenters. The monoisotopic (exact) mass is 459 g/mol. The Bertz CT molecular complexity index is 1010. The SMILES string of the molecule is CCc1c(C(=O)CN2CCN(C(C(=O)OC)c3ccccc3Cl)CC2)[nH]c(C)c1C(C)=O. The number of halogens is 1. The van der Waals surface area contributed by atoms with Crippen LogP contribution < -0.4 is 0 Å². The number of benzene rings is 1. The van der Waals surface area contributed by atoms with E-state index in [1.807, 2.05) is 36.9 Å². The zero-order valence-electron chi connectivity index (χ0n) is 19.0. The number of rotatable bonds is 8. The van der Waals surface area contributed by atoms with Crippen molar-refractivity contribution in [2.24, 2.45) is 0 Å². The van der Waals surface area contributed by atoms with E-state index in [2.05, 4.69) is 9.88 Å². The number of carbonyl (C=O) groups is 3. The van der Waals surface area contributed by atoms with Crippen LogP contribution in [0.2, 0.25) is 5.02 Å². The van der Waals surface area contributed by atoms with Gasteiger partial charge in [0.1, 0.15) is 6.04 Å². The third-order valence-electron chi connectivity index (χ3n) is 6.04. The average Bonchev–Trinajstić information content (AvgIpc) is 3.12. The van der Waals surface area contributed by atoms with Crippen LogP contribution in [0.4, 0.5) is 0 Å². The molecule has 2 heterocycles. The molecule has 1 saturated heterocycles. The van der Waals surface area contributed by atoms with E-state index in [0.717, 1.165) is 16.8 Å². The van der Waals surface area contributed by atoms with Crippen LogP contribution in [0.5, 0.6) is 0 Å². The molecule has 0 spiro atoms. The number of H-pyrrole nitrogens is 1. The number of ether oxygens (including phenoxy) is 1. The summed E-state index contributed by atoms with van der Waals surface area (Å²) >= 11 is 6.35. The Labute approximate surface area is 193 Å². The summed E-state index contributed by atoms with van der Waals surface area (Å²) in [7, 11) is 1.38. The van der Waals surface area contributed by atoms with E-state index < -0.39 is 6.04 Å². The minimum atomic E-state index is -0.581. The van der Waals surface area contributed by atoms with Crippen LogP contribution in [0, 0.1) is 6.92 Å². The highest BCUT2D eigenvalue weighted by Gasteiger charge is 2.33. The van der Waals surface area contributed by atoms with Crippen LogP contribution in [0.3, 0.4) is 0 Å². The van der Waals surface area contributed by atoms with Gasteiger partial charge in [0, 0.05) is 42.5 Å². The second kappa shape index (κ2) is 10.4. The van der Waals surface area contributed by atoms with E-state index >= 15 is 0 Å². The van der Waals surface area contributed by atoms with E-state index in [0.29, 0.717) is 48.9 Å². The fourth-order valence-electron chi connectivity index (χ4n) is 4.49. The summed E-state index contributed by atoms with van der Waals surface area (Å²) in [6, 6.07) is 6.70. The molecule has 0 saturated carbocycles. The van der Waals surface area contributed by atoms with E-state index in [-0.39, 0.29) is 24.1 Å². The van der Waals surface area contributed by atoms with Crippen LogP contribution in [0.1, 0.15) is 57.6 Å². The van der Waals surface area contributed by atoms with Crippen LogP contribution in [0.25, 0.3) is 0 Å². The highest BCUT2D eigenvalue weighted by Crippen LogP contribution is 2.29. The number of carbonyl (C=O) groups excluding carboxylic acids is 3. The Morgan fingerprint density at radius 3 is 2.38 bits per heavy atom. The fraction of sp³-hybridized carbons (Fsp3) is 0.458. The van der Waals surface area contributed by atoms with E-state index in [9.17, 15) is 14.4 Å². The molecule has 1 aliphatic heterocycles. The molecule has 0 bridgehead atoms. The quantitative estimate of drug-likeness (QED) is 0.481. The molecular weight excluding hydrogens is 430 g/mol. The molecule has 1 aliphatic rings. The third kappa shape index (κ3) is 4.95. The molecule has 1 aromatic carbocycles. The Morgan fingerprint density at radius 2 is 1.81 bits per heavy atom. The van der Waals surface area contributed by atoms with Crippen molar-refractivity contribution in [1.29, 1.82) is 0 Å². The van der Waals surface area contributed by atoms with Gasteiger partial charge in [-0.1, -0.05) is 36.7 Å². The number of nitrogens with one attached hydrogen (secondary N) is 1. The van der Waals surface area contributed by atoms with E-state index in [1.54, 1.807) is 6.07 Å². The summed E-state index contributed by atoms with van der Waals surface area (Å²) in [5.41, 5.74) is 3.41. The van der Waals surface area contributed by atoms with Gasteiger partial charge in [0.25, 0.3) is 0 Å². The van der Waals surface area contributed by atoms with E-state index in [4.69, 9.17) is 16.3 Å². The first-order chi connectivity index (χ1) is 15.3. The number of hydrogen-bond acceptors (Lipinski definition) is 6. The summed E-state index contributed by atoms with van der Waals surface area (Å²) < 4.78 is 5.04. The van der Waals surface area contributed by atoms with Crippen molar-refractivity contribution in [1.82, 2.24) is 14.8 Å². The lowest BCUT2D eigenvalue weighted by Crippen LogP contribution is -2.50. The van der Waals surface area contributed by atoms with Gasteiger partial charge in [0.15, 0.2) is 11.6 Å². The minimum absolute atomic E-state index is 0.0264. The van der Waals surface area contributed by atoms with Crippen LogP contribution in [0.15, 0.2) is 24.3 Å². The zero-order valence-corrected chi connectivity index (χ0v) is 19.8. The minimum Gasteiger partial charge on any atom is -0.468 e. The van der Waals surface area contributed by atoms with Crippen molar-refractivity contribution in [3.8, 4) is 0 Å². The van der Waals surface area contributed by atoms with Crippen molar-refractivity contribution >= 4 is 29.1 Å².